The molecule has 0 bridgehead atoms. The quantitative estimate of drug-likeness (QED) is 0.172. The number of nitrogen functional groups attached to an aromatic ring is 1. The third-order valence-electron chi connectivity index (χ3n) is 4.61. The van der Waals surface area contributed by atoms with Gasteiger partial charge in [-0.3, -0.25) is 23.0 Å². The Bertz CT molecular complexity index is 1870. The zero-order chi connectivity index (χ0) is 27.4. The summed E-state index contributed by atoms with van der Waals surface area (Å²) in [6.07, 6.45) is 0. The number of nitrogens with two attached hydrogens (primary N) is 1. The molecule has 15 nitrogen and oxygen atoms in total. The highest BCUT2D eigenvalue weighted by Gasteiger charge is 2.27. The Hall–Kier alpha value is -3.17. The zero-order valence-electron chi connectivity index (χ0n) is 17.2. The Morgan fingerprint density at radius 2 is 1.17 bits per heavy atom. The minimum Gasteiger partial charge on any atom is -0.399 e. The van der Waals surface area contributed by atoms with E-state index in [1.165, 1.54) is 0 Å². The molecule has 3 rings (SSSR count). The minimum atomic E-state index is -5.31. The van der Waals surface area contributed by atoms with E-state index in [1.54, 1.807) is 0 Å². The number of carbonyl (C=O) groups is 1. The SMILES string of the molecule is Nc1ccc(C(=O)Nc2cc(S(=O)(=O)O)cc3cc(S(=O)(=O)O)cc(S(=O)(=O)O)c23)c(S(=O)(=O)O)c1. The second-order valence-electron chi connectivity index (χ2n) is 7.10. The minimum absolute atomic E-state index is 0.176. The average molecular weight is 583 g/mol. The first-order chi connectivity index (χ1) is 16.2. The fourth-order valence-corrected chi connectivity index (χ4v) is 5.80. The van der Waals surface area contributed by atoms with Crippen LogP contribution in [0.3, 0.4) is 0 Å². The number of fused-ring (bicyclic) bond motifs is 1. The monoisotopic (exact) mass is 582 g/mol. The Morgan fingerprint density at radius 3 is 1.64 bits per heavy atom. The molecule has 0 saturated carbocycles. The number of nitrogens with one attached hydrogen (secondary N) is 1. The van der Waals surface area contributed by atoms with Crippen LogP contribution in [0.25, 0.3) is 10.8 Å². The zero-order valence-corrected chi connectivity index (χ0v) is 20.5. The first-order valence-electron chi connectivity index (χ1n) is 8.92. The molecule has 0 aliphatic carbocycles. The topological polar surface area (TPSA) is 273 Å². The summed E-state index contributed by atoms with van der Waals surface area (Å²) in [4.78, 5) is 8.62. The van der Waals surface area contributed by atoms with Crippen molar-refractivity contribution in [1.82, 2.24) is 0 Å². The number of carbonyl (C=O) groups excluding carboxylic acids is 1. The molecule has 19 heteroatoms. The van der Waals surface area contributed by atoms with Gasteiger partial charge >= 0.3 is 0 Å². The summed E-state index contributed by atoms with van der Waals surface area (Å²) < 4.78 is 132. The summed E-state index contributed by atoms with van der Waals surface area (Å²) in [6, 6.07) is 4.65. The number of hydrogen-bond donors (Lipinski definition) is 6. The van der Waals surface area contributed by atoms with Crippen molar-refractivity contribution in [3.63, 3.8) is 0 Å². The summed E-state index contributed by atoms with van der Waals surface area (Å²) in [6.45, 7) is 0. The van der Waals surface area contributed by atoms with Crippen LogP contribution in [0.4, 0.5) is 11.4 Å². The summed E-state index contributed by atoms with van der Waals surface area (Å²) in [5, 5.41) is 0.697. The molecule has 0 spiro atoms. The van der Waals surface area contributed by atoms with E-state index in [0.717, 1.165) is 18.2 Å². The first-order valence-corrected chi connectivity index (χ1v) is 14.7. The first kappa shape index (κ1) is 27.4. The molecular formula is C17H14N2O13S4. The average Bonchev–Trinajstić information content (AvgIpc) is 2.69. The van der Waals surface area contributed by atoms with Gasteiger partial charge in [0.05, 0.1) is 21.0 Å². The smallest absolute Gasteiger partial charge is 0.295 e. The van der Waals surface area contributed by atoms with Crippen LogP contribution >= 0.6 is 0 Å². The number of hydrogen-bond acceptors (Lipinski definition) is 10. The molecule has 0 radical (unpaired) electrons. The van der Waals surface area contributed by atoms with E-state index in [2.05, 4.69) is 0 Å². The van der Waals surface area contributed by atoms with Crippen molar-refractivity contribution in [2.45, 2.75) is 19.6 Å². The van der Waals surface area contributed by atoms with Crippen molar-refractivity contribution in [2.75, 3.05) is 11.1 Å². The van der Waals surface area contributed by atoms with Crippen LogP contribution in [0.5, 0.6) is 0 Å². The largest absolute Gasteiger partial charge is 0.399 e. The maximum Gasteiger partial charge on any atom is 0.295 e. The van der Waals surface area contributed by atoms with Gasteiger partial charge in [0.25, 0.3) is 46.4 Å². The van der Waals surface area contributed by atoms with E-state index >= 15 is 0 Å². The van der Waals surface area contributed by atoms with E-state index in [1.807, 2.05) is 5.32 Å². The number of amides is 1. The van der Waals surface area contributed by atoms with Gasteiger partial charge in [-0.1, -0.05) is 0 Å². The molecule has 0 aromatic heterocycles. The molecule has 0 fully saturated rings. The predicted octanol–water partition coefficient (Wildman–Crippen LogP) is 0.661. The van der Waals surface area contributed by atoms with Crippen molar-refractivity contribution in [2.24, 2.45) is 0 Å². The molecule has 0 atom stereocenters. The van der Waals surface area contributed by atoms with Crippen LogP contribution in [-0.4, -0.2) is 57.8 Å². The molecule has 1 amide bonds. The molecule has 194 valence electrons. The molecular weight excluding hydrogens is 568 g/mol. The van der Waals surface area contributed by atoms with Gasteiger partial charge in [-0.15, -0.1) is 0 Å². The Labute approximate surface area is 203 Å². The Kier molecular flexibility index (Phi) is 6.66. The summed E-state index contributed by atoms with van der Waals surface area (Å²) in [7, 11) is -20.5. The van der Waals surface area contributed by atoms with Gasteiger partial charge in [0.2, 0.25) is 0 Å². The van der Waals surface area contributed by atoms with Crippen LogP contribution in [0, 0.1) is 0 Å². The summed E-state index contributed by atoms with van der Waals surface area (Å²) >= 11 is 0. The number of rotatable bonds is 6. The van der Waals surface area contributed by atoms with Gasteiger partial charge in [0.1, 0.15) is 9.79 Å². The van der Waals surface area contributed by atoms with Gasteiger partial charge in [-0.2, -0.15) is 33.7 Å². The van der Waals surface area contributed by atoms with E-state index in [9.17, 15) is 56.7 Å². The van der Waals surface area contributed by atoms with E-state index in [4.69, 9.17) is 5.73 Å². The van der Waals surface area contributed by atoms with E-state index in [0.29, 0.717) is 24.3 Å². The van der Waals surface area contributed by atoms with Crippen LogP contribution in [0.15, 0.2) is 62.0 Å². The Morgan fingerprint density at radius 1 is 0.667 bits per heavy atom. The van der Waals surface area contributed by atoms with Gasteiger partial charge in [0, 0.05) is 11.1 Å². The molecule has 3 aromatic carbocycles. The lowest BCUT2D eigenvalue weighted by Crippen LogP contribution is -2.18. The highest BCUT2D eigenvalue weighted by Crippen LogP contribution is 2.36. The summed E-state index contributed by atoms with van der Waals surface area (Å²) in [5.74, 6) is -1.36. The second kappa shape index (κ2) is 8.74. The maximum absolute atomic E-state index is 12.9. The van der Waals surface area contributed by atoms with Crippen LogP contribution in [0.2, 0.25) is 0 Å². The van der Waals surface area contributed by atoms with Gasteiger partial charge < -0.3 is 11.1 Å². The number of benzene rings is 3. The third kappa shape index (κ3) is 5.63. The van der Waals surface area contributed by atoms with Crippen molar-refractivity contribution in [3.8, 4) is 0 Å². The van der Waals surface area contributed by atoms with Crippen molar-refractivity contribution in [3.05, 3.63) is 48.0 Å². The fourth-order valence-electron chi connectivity index (χ4n) is 3.15. The van der Waals surface area contributed by atoms with Gasteiger partial charge in [-0.05, 0) is 47.9 Å². The summed E-state index contributed by atoms with van der Waals surface area (Å²) in [5.41, 5.74) is 3.79. The highest BCUT2D eigenvalue weighted by molar-refractivity contribution is 7.87. The molecule has 0 unspecified atom stereocenters. The fraction of sp³-hybridized carbons (Fsp3) is 0. The van der Waals surface area contributed by atoms with Crippen LogP contribution < -0.4 is 11.1 Å². The highest BCUT2D eigenvalue weighted by atomic mass is 32.2. The molecule has 0 aliphatic heterocycles. The Balaban J connectivity index is 2.42. The normalized spacial score (nSPS) is 13.0. The molecule has 36 heavy (non-hydrogen) atoms. The lowest BCUT2D eigenvalue weighted by atomic mass is 10.1. The molecule has 0 heterocycles. The molecule has 3 aromatic rings. The van der Waals surface area contributed by atoms with E-state index in [-0.39, 0.29) is 5.69 Å². The van der Waals surface area contributed by atoms with Crippen molar-refractivity contribution in [1.29, 1.82) is 0 Å². The second-order valence-corrected chi connectivity index (χ2v) is 12.7. The lowest BCUT2D eigenvalue weighted by Gasteiger charge is -2.15. The van der Waals surface area contributed by atoms with Crippen molar-refractivity contribution < 1.29 is 56.7 Å². The maximum atomic E-state index is 12.9. The van der Waals surface area contributed by atoms with E-state index < -0.39 is 88.0 Å². The molecule has 7 N–H and O–H groups in total. The number of anilines is 2. The van der Waals surface area contributed by atoms with Crippen LogP contribution in [-0.2, 0) is 40.5 Å². The molecule has 0 aliphatic rings. The third-order valence-corrected chi connectivity index (χ3v) is 8.04. The standard InChI is InChI=1S/C17H14N2O13S4/c18-9-1-2-12(14(5-9)35(27,28)29)17(20)19-13-6-10(33(21,22)23)3-8-4-11(34(24,25)26)7-15(16(8)13)36(30,31)32/h1-7H,18H2,(H,19,20)(H,21,22,23)(H,24,25,26)(H,27,28,29)(H,30,31,32). The predicted molar refractivity (Wildman–Crippen MR) is 122 cm³/mol. The molecule has 0 saturated heterocycles. The van der Waals surface area contributed by atoms with Gasteiger partial charge in [-0.25, -0.2) is 0 Å². The van der Waals surface area contributed by atoms with Gasteiger partial charge in [0.15, 0.2) is 0 Å². The van der Waals surface area contributed by atoms with Crippen molar-refractivity contribution >= 4 is 68.5 Å². The van der Waals surface area contributed by atoms with Crippen LogP contribution in [0.1, 0.15) is 10.4 Å². The lowest BCUT2D eigenvalue weighted by molar-refractivity contribution is 0.102.